The first-order chi connectivity index (χ1) is 15.0. The third-order valence-electron chi connectivity index (χ3n) is 4.15. The van der Waals surface area contributed by atoms with Crippen molar-refractivity contribution in [3.63, 3.8) is 0 Å². The smallest absolute Gasteiger partial charge is 0.244 e. The van der Waals surface area contributed by atoms with E-state index < -0.39 is 22.0 Å². The van der Waals surface area contributed by atoms with Gasteiger partial charge in [-0.05, 0) is 30.1 Å². The number of carbonyl (C=O) groups is 1. The summed E-state index contributed by atoms with van der Waals surface area (Å²) in [6.45, 7) is 0. The van der Waals surface area contributed by atoms with Gasteiger partial charge in [0.15, 0.2) is 0 Å². The molecule has 0 aliphatic rings. The van der Waals surface area contributed by atoms with Gasteiger partial charge in [-0.25, -0.2) is 8.42 Å². The zero-order valence-corrected chi connectivity index (χ0v) is 19.2. The van der Waals surface area contributed by atoms with Crippen LogP contribution in [0, 0.1) is 0 Å². The number of hydrogen-bond acceptors (Lipinski definition) is 7. The van der Waals surface area contributed by atoms with E-state index in [0.717, 1.165) is 16.5 Å². The molecule has 1 unspecified atom stereocenters. The van der Waals surface area contributed by atoms with Crippen molar-refractivity contribution < 1.29 is 13.2 Å². The van der Waals surface area contributed by atoms with Gasteiger partial charge in [0, 0.05) is 11.0 Å². The minimum absolute atomic E-state index is 0.317. The fourth-order valence-electron chi connectivity index (χ4n) is 2.61. The zero-order chi connectivity index (χ0) is 22.1. The summed E-state index contributed by atoms with van der Waals surface area (Å²) in [6.07, 6.45) is 3.73. The summed E-state index contributed by atoms with van der Waals surface area (Å²) in [5, 5.41) is 12.8. The highest BCUT2D eigenvalue weighted by atomic mass is 32.2. The monoisotopic (exact) mass is 474 g/mol. The Morgan fingerprint density at radius 3 is 2.45 bits per heavy atom. The lowest BCUT2D eigenvalue weighted by molar-refractivity contribution is -0.117. The first-order valence-electron chi connectivity index (χ1n) is 9.41. The van der Waals surface area contributed by atoms with Gasteiger partial charge in [-0.15, -0.1) is 10.2 Å². The van der Waals surface area contributed by atoms with Gasteiger partial charge in [-0.2, -0.15) is 16.5 Å². The van der Waals surface area contributed by atoms with Gasteiger partial charge >= 0.3 is 0 Å². The summed E-state index contributed by atoms with van der Waals surface area (Å²) < 4.78 is 27.5. The molecule has 0 fully saturated rings. The Morgan fingerprint density at radius 1 is 1.10 bits per heavy atom. The minimum atomic E-state index is -3.82. The van der Waals surface area contributed by atoms with E-state index in [0.29, 0.717) is 22.3 Å². The molecule has 0 aliphatic heterocycles. The summed E-state index contributed by atoms with van der Waals surface area (Å²) in [4.78, 5) is 12.8. The maximum Gasteiger partial charge on any atom is 0.244 e. The van der Waals surface area contributed by atoms with Crippen LogP contribution in [0.5, 0.6) is 0 Å². The molecule has 2 N–H and O–H groups in total. The maximum absolute atomic E-state index is 12.8. The topological polar surface area (TPSA) is 101 Å². The number of amides is 1. The molecule has 1 atom stereocenters. The summed E-state index contributed by atoms with van der Waals surface area (Å²) >= 11 is 2.76. The molecule has 1 amide bonds. The van der Waals surface area contributed by atoms with Crippen LogP contribution in [0.15, 0.2) is 66.1 Å². The summed E-state index contributed by atoms with van der Waals surface area (Å²) in [7, 11) is -3.82. The second kappa shape index (κ2) is 11.2. The average Bonchev–Trinajstić information content (AvgIpc) is 3.25. The molecule has 31 heavy (non-hydrogen) atoms. The van der Waals surface area contributed by atoms with Crippen molar-refractivity contribution in [3.05, 3.63) is 71.6 Å². The predicted octanol–water partition coefficient (Wildman–Crippen LogP) is 3.86. The number of anilines is 1. The molecule has 0 saturated heterocycles. The van der Waals surface area contributed by atoms with Gasteiger partial charge in [-0.3, -0.25) is 10.1 Å². The molecule has 0 bridgehead atoms. The molecule has 0 spiro atoms. The highest BCUT2D eigenvalue weighted by molar-refractivity contribution is 7.98. The standard InChI is InChI=1S/C21H22N4O3S3/c1-29-14-12-18(25-31(27,28)15-13-16-8-4-2-5-9-16)19(26)22-21-24-23-20(30-21)17-10-6-3-7-11-17/h2-11,13,15,18,25H,12,14H2,1H3,(H,22,24,26)/b15-13+. The molecular formula is C21H22N4O3S3. The van der Waals surface area contributed by atoms with E-state index >= 15 is 0 Å². The van der Waals surface area contributed by atoms with Crippen LogP contribution in [0.2, 0.25) is 0 Å². The second-order valence-corrected chi connectivity index (χ2v) is 10.0. The number of thioether (sulfide) groups is 1. The number of rotatable bonds is 10. The van der Waals surface area contributed by atoms with Crippen molar-refractivity contribution in [1.29, 1.82) is 0 Å². The third-order valence-corrected chi connectivity index (χ3v) is 6.79. The Balaban J connectivity index is 1.69. The minimum Gasteiger partial charge on any atom is -0.299 e. The van der Waals surface area contributed by atoms with E-state index in [1.165, 1.54) is 29.2 Å². The molecule has 1 heterocycles. The Bertz CT molecular complexity index is 1120. The first-order valence-corrected chi connectivity index (χ1v) is 13.2. The number of carbonyl (C=O) groups excluding carboxylic acids is 1. The van der Waals surface area contributed by atoms with Crippen LogP contribution in [0.3, 0.4) is 0 Å². The van der Waals surface area contributed by atoms with Gasteiger partial charge in [0.2, 0.25) is 21.1 Å². The lowest BCUT2D eigenvalue weighted by atomic mass is 10.2. The van der Waals surface area contributed by atoms with Crippen LogP contribution in [-0.4, -0.2) is 42.6 Å². The number of nitrogens with zero attached hydrogens (tertiary/aromatic N) is 2. The van der Waals surface area contributed by atoms with E-state index in [1.54, 1.807) is 12.1 Å². The number of hydrogen-bond donors (Lipinski definition) is 2. The van der Waals surface area contributed by atoms with Crippen LogP contribution in [0.1, 0.15) is 12.0 Å². The Hall–Kier alpha value is -2.53. The molecular weight excluding hydrogens is 452 g/mol. The molecule has 0 radical (unpaired) electrons. The van der Waals surface area contributed by atoms with E-state index in [1.807, 2.05) is 54.8 Å². The number of nitrogens with one attached hydrogen (secondary N) is 2. The van der Waals surface area contributed by atoms with Crippen LogP contribution >= 0.6 is 23.1 Å². The lowest BCUT2D eigenvalue weighted by Crippen LogP contribution is -2.43. The molecule has 0 saturated carbocycles. The normalized spacial score (nSPS) is 12.7. The van der Waals surface area contributed by atoms with Gasteiger partial charge in [-0.1, -0.05) is 72.0 Å². The predicted molar refractivity (Wildman–Crippen MR) is 128 cm³/mol. The van der Waals surface area contributed by atoms with Crippen molar-refractivity contribution in [1.82, 2.24) is 14.9 Å². The van der Waals surface area contributed by atoms with Gasteiger partial charge < -0.3 is 0 Å². The van der Waals surface area contributed by atoms with Crippen LogP contribution in [-0.2, 0) is 14.8 Å². The molecule has 3 rings (SSSR count). The highest BCUT2D eigenvalue weighted by Gasteiger charge is 2.24. The molecule has 162 valence electrons. The van der Waals surface area contributed by atoms with Gasteiger partial charge in [0.25, 0.3) is 0 Å². The average molecular weight is 475 g/mol. The van der Waals surface area contributed by atoms with E-state index in [-0.39, 0.29) is 0 Å². The first kappa shape index (κ1) is 23.1. The SMILES string of the molecule is CSCCC(NS(=O)(=O)/C=C/c1ccccc1)C(=O)Nc1nnc(-c2ccccc2)s1. The van der Waals surface area contributed by atoms with E-state index in [4.69, 9.17) is 0 Å². The van der Waals surface area contributed by atoms with Crippen molar-refractivity contribution in [2.75, 3.05) is 17.3 Å². The largest absolute Gasteiger partial charge is 0.299 e. The van der Waals surface area contributed by atoms with E-state index in [2.05, 4.69) is 20.2 Å². The molecule has 0 aliphatic carbocycles. The Labute approximate surface area is 190 Å². The molecule has 2 aromatic carbocycles. The van der Waals surface area contributed by atoms with Crippen molar-refractivity contribution in [3.8, 4) is 10.6 Å². The van der Waals surface area contributed by atoms with Crippen molar-refractivity contribution in [2.45, 2.75) is 12.5 Å². The fraction of sp³-hybridized carbons (Fsp3) is 0.190. The molecule has 10 heteroatoms. The fourth-order valence-corrected chi connectivity index (χ4v) is 4.87. The van der Waals surface area contributed by atoms with Crippen LogP contribution in [0.4, 0.5) is 5.13 Å². The molecule has 1 aromatic heterocycles. The summed E-state index contributed by atoms with van der Waals surface area (Å²) in [5.74, 6) is 0.149. The number of sulfonamides is 1. The van der Waals surface area contributed by atoms with Gasteiger partial charge in [0.1, 0.15) is 11.0 Å². The third kappa shape index (κ3) is 7.28. The van der Waals surface area contributed by atoms with Crippen LogP contribution < -0.4 is 10.0 Å². The summed E-state index contributed by atoms with van der Waals surface area (Å²) in [5.41, 5.74) is 1.64. The van der Waals surface area contributed by atoms with Crippen LogP contribution in [0.25, 0.3) is 16.6 Å². The van der Waals surface area contributed by atoms with Crippen molar-refractivity contribution in [2.24, 2.45) is 0 Å². The number of benzene rings is 2. The second-order valence-electron chi connectivity index (χ2n) is 6.48. The maximum atomic E-state index is 12.8. The highest BCUT2D eigenvalue weighted by Crippen LogP contribution is 2.26. The Kier molecular flexibility index (Phi) is 8.35. The van der Waals surface area contributed by atoms with E-state index in [9.17, 15) is 13.2 Å². The Morgan fingerprint density at radius 2 is 1.77 bits per heavy atom. The van der Waals surface area contributed by atoms with Gasteiger partial charge in [0.05, 0.1) is 0 Å². The summed E-state index contributed by atoms with van der Waals surface area (Å²) in [6, 6.07) is 17.7. The number of aromatic nitrogens is 2. The molecule has 3 aromatic rings. The molecule has 7 nitrogen and oxygen atoms in total. The lowest BCUT2D eigenvalue weighted by Gasteiger charge is -2.16. The zero-order valence-electron chi connectivity index (χ0n) is 16.8. The quantitative estimate of drug-likeness (QED) is 0.463. The van der Waals surface area contributed by atoms with Crippen molar-refractivity contribution >= 4 is 50.2 Å².